The van der Waals surface area contributed by atoms with Gasteiger partial charge in [-0.05, 0) is 157 Å². The lowest BCUT2D eigenvalue weighted by atomic mass is 9.58. The molecule has 1 heterocycles. The maximum Gasteiger partial charge on any atom is 0.0891 e. The van der Waals surface area contributed by atoms with Gasteiger partial charge in [-0.2, -0.15) is 0 Å². The molecular formula is C64H58Si. The van der Waals surface area contributed by atoms with E-state index in [1.54, 1.807) is 16.3 Å². The summed E-state index contributed by atoms with van der Waals surface area (Å²) in [6.07, 6.45) is 47.4. The maximum absolute atomic E-state index is 5.65. The van der Waals surface area contributed by atoms with Crippen LogP contribution in [0.3, 0.4) is 0 Å². The van der Waals surface area contributed by atoms with Gasteiger partial charge in [0.2, 0.25) is 0 Å². The van der Waals surface area contributed by atoms with E-state index in [9.17, 15) is 0 Å². The Hall–Kier alpha value is -6.46. The Balaban J connectivity index is 1.04. The van der Waals surface area contributed by atoms with E-state index in [4.69, 9.17) is 6.42 Å². The molecule has 0 bridgehead atoms. The van der Waals surface area contributed by atoms with E-state index in [-0.39, 0.29) is 5.41 Å². The van der Waals surface area contributed by atoms with Crippen LogP contribution < -0.4 is 15.6 Å². The first-order valence-corrected chi connectivity index (χ1v) is 27.1. The molecule has 0 saturated heterocycles. The number of terminal acetylenes is 1. The SMILES string of the molecule is C#C/C=C\C(=C/C)C1C=CC(C2=C3CC4C(=CC3=C(c3ccc(-c5ccccc5)cc3)C3=CC=CCC32C)c2ccc([C@H]3C=c5ccc(C6=CCCC=C6)cc5=CC3)cc2[Si]4(C)C)=CC1. The molecule has 0 fully saturated rings. The molecule has 4 aromatic rings. The van der Waals surface area contributed by atoms with E-state index in [0.29, 0.717) is 17.4 Å². The fourth-order valence-corrected chi connectivity index (χ4v) is 15.9. The van der Waals surface area contributed by atoms with Gasteiger partial charge in [-0.15, -0.1) is 6.42 Å². The quantitative estimate of drug-likeness (QED) is 0.0987. The Morgan fingerprint density at radius 2 is 1.62 bits per heavy atom. The molecule has 4 aromatic carbocycles. The average molecular weight is 855 g/mol. The number of benzene rings is 4. The van der Waals surface area contributed by atoms with E-state index < -0.39 is 8.07 Å². The van der Waals surface area contributed by atoms with Gasteiger partial charge in [0.05, 0.1) is 8.07 Å². The van der Waals surface area contributed by atoms with Crippen molar-refractivity contribution < 1.29 is 0 Å². The van der Waals surface area contributed by atoms with Crippen molar-refractivity contribution in [3.63, 3.8) is 0 Å². The molecule has 3 unspecified atom stereocenters. The van der Waals surface area contributed by atoms with Crippen LogP contribution in [0.2, 0.25) is 18.6 Å². The molecule has 0 spiro atoms. The molecule has 1 heteroatoms. The van der Waals surface area contributed by atoms with Crippen molar-refractivity contribution >= 4 is 42.1 Å². The summed E-state index contributed by atoms with van der Waals surface area (Å²) < 4.78 is 0. The first kappa shape index (κ1) is 41.3. The maximum atomic E-state index is 5.65. The van der Waals surface area contributed by atoms with Gasteiger partial charge in [-0.1, -0.05) is 201 Å². The van der Waals surface area contributed by atoms with Crippen LogP contribution in [0.4, 0.5) is 0 Å². The number of hydrogen-bond acceptors (Lipinski definition) is 0. The van der Waals surface area contributed by atoms with Crippen molar-refractivity contribution in [1.82, 2.24) is 0 Å². The topological polar surface area (TPSA) is 0 Å². The smallest absolute Gasteiger partial charge is 0.0891 e. The predicted octanol–water partition coefficient (Wildman–Crippen LogP) is 14.2. The normalized spacial score (nSPS) is 24.9. The zero-order valence-corrected chi connectivity index (χ0v) is 39.4. The number of hydrogen-bond donors (Lipinski definition) is 0. The van der Waals surface area contributed by atoms with Crippen molar-refractivity contribution in [1.29, 1.82) is 0 Å². The lowest BCUT2D eigenvalue weighted by Gasteiger charge is -2.47. The van der Waals surface area contributed by atoms with Crippen molar-refractivity contribution in [3.05, 3.63) is 236 Å². The van der Waals surface area contributed by atoms with E-state index in [2.05, 4.69) is 209 Å². The van der Waals surface area contributed by atoms with Crippen molar-refractivity contribution in [3.8, 4) is 23.5 Å². The fraction of sp³-hybridized carbons (Fsp3) is 0.219. The summed E-state index contributed by atoms with van der Waals surface area (Å²) in [4.78, 5) is 0. The zero-order chi connectivity index (χ0) is 44.3. The second-order valence-corrected chi connectivity index (χ2v) is 24.5. The van der Waals surface area contributed by atoms with E-state index in [1.165, 1.54) is 82.8 Å². The fourth-order valence-electron chi connectivity index (χ4n) is 12.3. The third kappa shape index (κ3) is 7.06. The minimum atomic E-state index is -1.99. The van der Waals surface area contributed by atoms with Crippen LogP contribution >= 0.6 is 0 Å². The molecule has 7 aliphatic rings. The van der Waals surface area contributed by atoms with Crippen LogP contribution in [-0.2, 0) is 0 Å². The molecular weight excluding hydrogens is 797 g/mol. The van der Waals surface area contributed by atoms with Gasteiger partial charge in [0.15, 0.2) is 0 Å². The largest absolute Gasteiger partial charge is 0.115 e. The van der Waals surface area contributed by atoms with E-state index >= 15 is 0 Å². The lowest BCUT2D eigenvalue weighted by molar-refractivity contribution is 0.491. The van der Waals surface area contributed by atoms with Crippen LogP contribution in [-0.4, -0.2) is 8.07 Å². The average Bonchev–Trinajstić information content (AvgIpc) is 3.57. The summed E-state index contributed by atoms with van der Waals surface area (Å²) >= 11 is 0. The van der Waals surface area contributed by atoms with Crippen molar-refractivity contribution in [2.45, 2.75) is 76.9 Å². The lowest BCUT2D eigenvalue weighted by Crippen LogP contribution is -2.43. The van der Waals surface area contributed by atoms with Crippen LogP contribution in [0, 0.1) is 23.7 Å². The van der Waals surface area contributed by atoms with Gasteiger partial charge < -0.3 is 0 Å². The molecule has 65 heavy (non-hydrogen) atoms. The van der Waals surface area contributed by atoms with Gasteiger partial charge in [-0.3, -0.25) is 0 Å². The number of allylic oxidation sites excluding steroid dienone is 22. The first-order chi connectivity index (χ1) is 31.7. The monoisotopic (exact) mass is 854 g/mol. The summed E-state index contributed by atoms with van der Waals surface area (Å²) in [5.41, 5.74) is 21.4. The second-order valence-electron chi connectivity index (χ2n) is 19.9. The predicted molar refractivity (Wildman–Crippen MR) is 281 cm³/mol. The minimum Gasteiger partial charge on any atom is -0.115 e. The third-order valence-electron chi connectivity index (χ3n) is 15.9. The van der Waals surface area contributed by atoms with Crippen LogP contribution in [0.1, 0.15) is 80.5 Å². The highest BCUT2D eigenvalue weighted by Crippen LogP contribution is 2.62. The zero-order valence-electron chi connectivity index (χ0n) is 38.4. The van der Waals surface area contributed by atoms with Gasteiger partial charge in [0.1, 0.15) is 0 Å². The molecule has 318 valence electrons. The van der Waals surface area contributed by atoms with Crippen molar-refractivity contribution in [2.24, 2.45) is 11.3 Å². The van der Waals surface area contributed by atoms with Crippen LogP contribution in [0.25, 0.3) is 40.0 Å². The van der Waals surface area contributed by atoms with E-state index in [0.717, 1.165) is 38.5 Å². The molecule has 6 aliphatic carbocycles. The number of fused-ring (bicyclic) bond motifs is 6. The highest BCUT2D eigenvalue weighted by Gasteiger charge is 2.51. The summed E-state index contributed by atoms with van der Waals surface area (Å²) in [7, 11) is -1.99. The Kier molecular flexibility index (Phi) is 10.5. The third-order valence-corrected chi connectivity index (χ3v) is 19.9. The van der Waals surface area contributed by atoms with Crippen LogP contribution in [0.15, 0.2) is 203 Å². The summed E-state index contributed by atoms with van der Waals surface area (Å²) in [5, 5.41) is 4.37. The Bertz CT molecular complexity index is 3180. The molecule has 0 N–H and O–H groups in total. The molecule has 4 atom stereocenters. The standard InChI is InChI=1S/C64H58Si/c1-6-8-17-43(7-2)46-25-29-49(30-26-46)63-58-42-61-56(41-57(58)62(59-22-15-16-37-64(59,63)3)48-27-23-47(24-28-48)44-18-11-9-12-19-44)55-36-35-54(40-60(55)65(61,4)5)53-34-33-51-38-50(31-32-52(51)39-53)45-20-13-10-14-21-45/h1,7-9,11-13,15-25,27-33,35-36,38-41,46,53,61H,10,14,26,34,37,42H2,2-5H3/b17-8-,43-7+/t46?,53-,61?,64?/m1/s1. The highest BCUT2D eigenvalue weighted by atomic mass is 28.3. The van der Waals surface area contributed by atoms with Crippen LogP contribution in [0.5, 0.6) is 0 Å². The Morgan fingerprint density at radius 1 is 0.800 bits per heavy atom. The molecule has 11 rings (SSSR count). The molecule has 0 amide bonds. The summed E-state index contributed by atoms with van der Waals surface area (Å²) in [6.45, 7) is 9.98. The second kappa shape index (κ2) is 16.5. The molecule has 0 nitrogen and oxygen atoms in total. The van der Waals surface area contributed by atoms with Gasteiger partial charge >= 0.3 is 0 Å². The molecule has 0 saturated carbocycles. The summed E-state index contributed by atoms with van der Waals surface area (Å²) in [5.74, 6) is 3.39. The minimum absolute atomic E-state index is 0.166. The van der Waals surface area contributed by atoms with Crippen molar-refractivity contribution in [2.75, 3.05) is 0 Å². The Morgan fingerprint density at radius 3 is 2.38 bits per heavy atom. The first-order valence-electron chi connectivity index (χ1n) is 24.0. The molecule has 0 radical (unpaired) electrons. The van der Waals surface area contributed by atoms with Gasteiger partial charge in [0, 0.05) is 17.3 Å². The molecule has 0 aromatic heterocycles. The molecule has 1 aliphatic heterocycles. The summed E-state index contributed by atoms with van der Waals surface area (Å²) in [6, 6.07) is 34.9. The highest BCUT2D eigenvalue weighted by molar-refractivity contribution is 6.94. The Labute approximate surface area is 388 Å². The van der Waals surface area contributed by atoms with Gasteiger partial charge in [0.25, 0.3) is 0 Å². The van der Waals surface area contributed by atoms with Gasteiger partial charge in [-0.25, -0.2) is 0 Å². The van der Waals surface area contributed by atoms with E-state index in [1.807, 2.05) is 6.08 Å². The number of rotatable bonds is 7.